The minimum Gasteiger partial charge on any atom is -0.462 e. The molecule has 4 amide bonds. The van der Waals surface area contributed by atoms with Crippen molar-refractivity contribution >= 4 is 57.8 Å². The van der Waals surface area contributed by atoms with Crippen molar-refractivity contribution in [3.8, 4) is 11.3 Å². The van der Waals surface area contributed by atoms with Gasteiger partial charge in [-0.1, -0.05) is 46.4 Å². The van der Waals surface area contributed by atoms with E-state index in [9.17, 15) is 24.3 Å². The fraction of sp³-hybridized carbons (Fsp3) is 0.565. The Balaban J connectivity index is 1.47. The molecule has 5 heterocycles. The molecule has 6 bridgehead atoms. The van der Waals surface area contributed by atoms with Crippen molar-refractivity contribution in [2.75, 3.05) is 47.2 Å². The van der Waals surface area contributed by atoms with Gasteiger partial charge in [0, 0.05) is 85.7 Å². The zero-order valence-electron chi connectivity index (χ0n) is 38.2. The number of hydrogen-bond donors (Lipinski definition) is 3. The molecule has 2 fully saturated rings. The number of hydrazine groups is 1. The van der Waals surface area contributed by atoms with Crippen LogP contribution in [-0.2, 0) is 48.0 Å². The van der Waals surface area contributed by atoms with Crippen LogP contribution < -0.4 is 10.7 Å². The van der Waals surface area contributed by atoms with E-state index in [1.165, 1.54) is 21.2 Å². The second kappa shape index (κ2) is 19.8. The van der Waals surface area contributed by atoms with Gasteiger partial charge in [-0.2, -0.15) is 5.43 Å². The number of methoxy groups -OCH3 is 1. The van der Waals surface area contributed by atoms with Gasteiger partial charge < -0.3 is 39.0 Å². The second-order valence-electron chi connectivity index (χ2n) is 17.7. The maximum Gasteiger partial charge on any atom is 0.355 e. The van der Waals surface area contributed by atoms with Crippen LogP contribution >= 0.6 is 11.3 Å². The number of nitrogens with zero attached hydrogens (tertiary/aromatic N) is 6. The van der Waals surface area contributed by atoms with E-state index < -0.39 is 41.0 Å². The number of aryl methyl sites for hydroxylation is 1. The molecule has 3 aliphatic heterocycles. The molecule has 3 aliphatic rings. The van der Waals surface area contributed by atoms with Gasteiger partial charge in [0.25, 0.3) is 5.91 Å². The number of hydrogen-bond acceptors (Lipinski definition) is 12. The van der Waals surface area contributed by atoms with Crippen LogP contribution in [-0.4, -0.2) is 131 Å². The zero-order valence-corrected chi connectivity index (χ0v) is 39.0. The molecule has 0 unspecified atom stereocenters. The molecule has 1 aromatic carbocycles. The summed E-state index contributed by atoms with van der Waals surface area (Å²) >= 11 is 1.36. The van der Waals surface area contributed by atoms with Crippen molar-refractivity contribution in [3.05, 3.63) is 58.2 Å². The summed E-state index contributed by atoms with van der Waals surface area (Å²) in [5.74, 6) is -2.34. The molecule has 2 saturated heterocycles. The molecule has 342 valence electrons. The van der Waals surface area contributed by atoms with Gasteiger partial charge in [-0.3, -0.25) is 19.6 Å². The average molecular weight is 889 g/mol. The fourth-order valence-electron chi connectivity index (χ4n) is 8.79. The number of carbonyl (C=O) groups is 4. The first-order chi connectivity index (χ1) is 30.0. The Hall–Kier alpha value is -4.94. The summed E-state index contributed by atoms with van der Waals surface area (Å²) in [5, 5.41) is 19.4. The van der Waals surface area contributed by atoms with Gasteiger partial charge >= 0.3 is 12.0 Å². The molecule has 6 rings (SSSR count). The number of carbonyl (C=O) groups excluding carboxylic acids is 4. The SMILES string of the molecule is C=C/C(=C(\N=C/C)[C@H](C)OC)c1c2c3cc(ccc3n1CC)-c1csc(n1)C[C@H](NC(=O)[C@H](C(C)C)N(C)C(=O)N1CCCOC1)C(=O)N1CCC[C@@](O)(N1)C(=O)OCC(C)(C)C2. The Morgan fingerprint density at radius 3 is 2.63 bits per heavy atom. The predicted molar refractivity (Wildman–Crippen MR) is 244 cm³/mol. The predicted octanol–water partition coefficient (Wildman–Crippen LogP) is 5.53. The third kappa shape index (κ3) is 10.1. The van der Waals surface area contributed by atoms with E-state index in [1.54, 1.807) is 25.3 Å². The van der Waals surface area contributed by atoms with Gasteiger partial charge in [0.1, 0.15) is 18.8 Å². The number of ether oxygens (including phenoxy) is 3. The number of thiazole rings is 1. The highest BCUT2D eigenvalue weighted by Gasteiger charge is 2.46. The Morgan fingerprint density at radius 1 is 1.22 bits per heavy atom. The van der Waals surface area contributed by atoms with Crippen molar-refractivity contribution in [2.45, 2.75) is 111 Å². The molecule has 17 heteroatoms. The van der Waals surface area contributed by atoms with Gasteiger partial charge in [-0.05, 0) is 63.6 Å². The average Bonchev–Trinajstić information content (AvgIpc) is 3.86. The van der Waals surface area contributed by atoms with E-state index in [4.69, 9.17) is 24.2 Å². The van der Waals surface area contributed by atoms with Gasteiger partial charge in [-0.15, -0.1) is 11.3 Å². The van der Waals surface area contributed by atoms with Crippen LogP contribution in [0.1, 0.15) is 84.0 Å². The highest BCUT2D eigenvalue weighted by molar-refractivity contribution is 7.10. The Morgan fingerprint density at radius 2 is 1.98 bits per heavy atom. The summed E-state index contributed by atoms with van der Waals surface area (Å²) in [6.45, 7) is 19.7. The first kappa shape index (κ1) is 47.5. The molecule has 16 nitrogen and oxygen atoms in total. The molecule has 63 heavy (non-hydrogen) atoms. The number of fused-ring (bicyclic) bond motifs is 6. The number of cyclic esters (lactones) is 1. The van der Waals surface area contributed by atoms with Crippen LogP contribution in [0.3, 0.4) is 0 Å². The van der Waals surface area contributed by atoms with Crippen LogP contribution in [0, 0.1) is 11.3 Å². The normalized spacial score (nSPS) is 22.4. The molecule has 0 spiro atoms. The first-order valence-electron chi connectivity index (χ1n) is 21.8. The van der Waals surface area contributed by atoms with Crippen molar-refractivity contribution in [1.82, 2.24) is 35.1 Å². The molecule has 0 radical (unpaired) electrons. The number of benzene rings is 1. The Kier molecular flexibility index (Phi) is 15.0. The van der Waals surface area contributed by atoms with E-state index in [0.29, 0.717) is 43.2 Å². The lowest BCUT2D eigenvalue weighted by Gasteiger charge is -2.40. The minimum atomic E-state index is -2.22. The third-order valence-electron chi connectivity index (χ3n) is 12.0. The molecule has 4 atom stereocenters. The van der Waals surface area contributed by atoms with Gasteiger partial charge in [0.05, 0.1) is 41.4 Å². The summed E-state index contributed by atoms with van der Waals surface area (Å²) in [6.07, 6.45) is 4.64. The topological polar surface area (TPSA) is 180 Å². The molecule has 0 aliphatic carbocycles. The molecule has 2 aromatic heterocycles. The quantitative estimate of drug-likeness (QED) is 0.133. The lowest BCUT2D eigenvalue weighted by molar-refractivity contribution is -0.189. The van der Waals surface area contributed by atoms with Crippen LogP contribution in [0.4, 0.5) is 4.79 Å². The number of aromatic nitrogens is 2. The fourth-order valence-corrected chi connectivity index (χ4v) is 9.64. The standard InChI is InChI=1S/C46H64N8O8S/c1-11-31(38(47-12-2)29(6)60-10)40-33-24-45(7,8)26-62-43(57)46(59)18-14-20-54(50-46)42(56)34(49-41(55)39(28(4)5)51(9)44(58)52-19-15-21-61-27-52)23-37-48-35(25-63-37)30-16-17-36(32(33)22-30)53(40)13-3/h11-12,16-17,22,25,28-29,34,39,50,59H,1,13-15,18-21,23-24,26-27H2,2-10H3,(H,49,55)/b38-31+,47-12-/t29-,34-,39-,46-/m0/s1. The number of nitrogens with one attached hydrogen (secondary N) is 2. The highest BCUT2D eigenvalue weighted by atomic mass is 32.1. The molecular formula is C46H64N8O8S. The summed E-state index contributed by atoms with van der Waals surface area (Å²) in [7, 11) is 3.22. The van der Waals surface area contributed by atoms with Gasteiger partial charge in [-0.25, -0.2) is 14.6 Å². The maximum atomic E-state index is 14.6. The van der Waals surface area contributed by atoms with Crippen LogP contribution in [0.5, 0.6) is 0 Å². The van der Waals surface area contributed by atoms with E-state index in [0.717, 1.165) is 39.0 Å². The van der Waals surface area contributed by atoms with E-state index in [2.05, 4.69) is 40.9 Å². The molecule has 3 N–H and O–H groups in total. The number of amides is 4. The number of aliphatic hydroxyl groups is 1. The smallest absolute Gasteiger partial charge is 0.355 e. The number of allylic oxidation sites excluding steroid dienone is 2. The third-order valence-corrected chi connectivity index (χ3v) is 12.9. The van der Waals surface area contributed by atoms with Crippen LogP contribution in [0.15, 0.2) is 46.9 Å². The van der Waals surface area contributed by atoms with Crippen LogP contribution in [0.2, 0.25) is 0 Å². The number of likely N-dealkylation sites (N-methyl/N-ethyl adjacent to an activating group) is 1. The van der Waals surface area contributed by atoms with Gasteiger partial charge in [0.15, 0.2) is 0 Å². The van der Waals surface area contributed by atoms with Crippen molar-refractivity contribution < 1.29 is 38.5 Å². The Labute approximate surface area is 374 Å². The first-order valence-corrected chi connectivity index (χ1v) is 22.7. The molecular weight excluding hydrogens is 825 g/mol. The van der Waals surface area contributed by atoms with E-state index >= 15 is 0 Å². The van der Waals surface area contributed by atoms with Crippen LogP contribution in [0.25, 0.3) is 27.7 Å². The summed E-state index contributed by atoms with van der Waals surface area (Å²) in [4.78, 5) is 69.1. The minimum absolute atomic E-state index is 0.00265. The number of rotatable bonds is 10. The summed E-state index contributed by atoms with van der Waals surface area (Å²) in [6, 6.07) is 3.76. The van der Waals surface area contributed by atoms with E-state index in [1.807, 2.05) is 59.1 Å². The van der Waals surface area contributed by atoms with Crippen molar-refractivity contribution in [3.63, 3.8) is 0 Å². The second-order valence-corrected chi connectivity index (χ2v) is 18.6. The monoisotopic (exact) mass is 888 g/mol. The lowest BCUT2D eigenvalue weighted by Crippen LogP contribution is -2.67. The highest BCUT2D eigenvalue weighted by Crippen LogP contribution is 2.40. The lowest BCUT2D eigenvalue weighted by atomic mass is 9.84. The van der Waals surface area contributed by atoms with Gasteiger partial charge in [0.2, 0.25) is 11.6 Å². The molecule has 3 aromatic rings. The summed E-state index contributed by atoms with van der Waals surface area (Å²) < 4.78 is 19.5. The summed E-state index contributed by atoms with van der Waals surface area (Å²) in [5.41, 5.74) is 5.89. The zero-order chi connectivity index (χ0) is 45.8. The van der Waals surface area contributed by atoms with Crippen molar-refractivity contribution in [1.29, 1.82) is 0 Å². The maximum absolute atomic E-state index is 14.6. The Bertz CT molecular complexity index is 2260. The largest absolute Gasteiger partial charge is 0.462 e. The number of aliphatic imine (C=N–C) groups is 1. The number of esters is 1. The van der Waals surface area contributed by atoms with Crippen molar-refractivity contribution in [2.24, 2.45) is 16.3 Å². The van der Waals surface area contributed by atoms with E-state index in [-0.39, 0.29) is 57.2 Å². The number of urea groups is 1. The molecule has 0 saturated carbocycles.